The molecule has 3 heterocycles. The zero-order valence-electron chi connectivity index (χ0n) is 17.4. The van der Waals surface area contributed by atoms with Crippen molar-refractivity contribution in [2.45, 2.75) is 25.8 Å². The van der Waals surface area contributed by atoms with Gasteiger partial charge in [0.15, 0.2) is 0 Å². The monoisotopic (exact) mass is 431 g/mol. The summed E-state index contributed by atoms with van der Waals surface area (Å²) >= 11 is 0. The minimum atomic E-state index is -3.14. The van der Waals surface area contributed by atoms with Crippen LogP contribution in [-0.2, 0) is 34.1 Å². The topological polar surface area (TPSA) is 72.0 Å². The Balaban J connectivity index is 1.24. The fraction of sp³-hybridized carbons (Fsp3) is 0.500. The summed E-state index contributed by atoms with van der Waals surface area (Å²) in [5.74, 6) is 1.86. The quantitative estimate of drug-likeness (QED) is 0.626. The number of ether oxygens (including phenoxy) is 2. The Labute approximate surface area is 178 Å². The van der Waals surface area contributed by atoms with Gasteiger partial charge in [0.05, 0.1) is 26.1 Å². The predicted molar refractivity (Wildman–Crippen MR) is 116 cm³/mol. The van der Waals surface area contributed by atoms with Gasteiger partial charge in [-0.25, -0.2) is 13.4 Å². The summed E-state index contributed by atoms with van der Waals surface area (Å²) in [5.41, 5.74) is 3.45. The van der Waals surface area contributed by atoms with Crippen LogP contribution in [0.4, 0.5) is 5.82 Å². The van der Waals surface area contributed by atoms with Crippen LogP contribution in [0.3, 0.4) is 0 Å². The van der Waals surface area contributed by atoms with Gasteiger partial charge in [-0.1, -0.05) is 12.1 Å². The van der Waals surface area contributed by atoms with Gasteiger partial charge in [-0.05, 0) is 54.2 Å². The third-order valence-corrected chi connectivity index (χ3v) is 6.90. The Morgan fingerprint density at radius 2 is 1.93 bits per heavy atom. The molecule has 0 spiro atoms. The second-order valence-electron chi connectivity index (χ2n) is 7.85. The standard InChI is InChI=1S/C22H29N3O4S/c1-30(26,27)25-9-8-19-15-21(6-5-20(19)17-25)29-12-2-3-18-4-7-22(23-16-18)24-10-13-28-14-11-24/h4-7,15-16H,2-3,8-14,17H2,1H3. The van der Waals surface area contributed by atoms with E-state index in [1.807, 2.05) is 24.4 Å². The molecule has 162 valence electrons. The number of hydrogen-bond donors (Lipinski definition) is 0. The van der Waals surface area contributed by atoms with Gasteiger partial charge >= 0.3 is 0 Å². The lowest BCUT2D eigenvalue weighted by Crippen LogP contribution is -2.36. The van der Waals surface area contributed by atoms with Gasteiger partial charge < -0.3 is 14.4 Å². The first-order chi connectivity index (χ1) is 14.5. The van der Waals surface area contributed by atoms with Gasteiger partial charge in [-0.2, -0.15) is 4.31 Å². The molecule has 0 N–H and O–H groups in total. The molecule has 2 aliphatic rings. The molecule has 4 rings (SSSR count). The van der Waals surface area contributed by atoms with E-state index in [2.05, 4.69) is 22.0 Å². The maximum atomic E-state index is 11.7. The molecular weight excluding hydrogens is 402 g/mol. The molecule has 0 atom stereocenters. The highest BCUT2D eigenvalue weighted by Gasteiger charge is 2.23. The highest BCUT2D eigenvalue weighted by atomic mass is 32.2. The summed E-state index contributed by atoms with van der Waals surface area (Å²) in [4.78, 5) is 6.85. The molecular formula is C22H29N3O4S. The molecule has 8 heteroatoms. The molecule has 0 unspecified atom stereocenters. The Morgan fingerprint density at radius 3 is 2.67 bits per heavy atom. The number of anilines is 1. The van der Waals surface area contributed by atoms with Crippen molar-refractivity contribution < 1.29 is 17.9 Å². The lowest BCUT2D eigenvalue weighted by Gasteiger charge is -2.27. The summed E-state index contributed by atoms with van der Waals surface area (Å²) in [6, 6.07) is 10.2. The first-order valence-corrected chi connectivity index (χ1v) is 12.3. The van der Waals surface area contributed by atoms with E-state index >= 15 is 0 Å². The van der Waals surface area contributed by atoms with Crippen LogP contribution in [0.15, 0.2) is 36.5 Å². The third kappa shape index (κ3) is 5.30. The third-order valence-electron chi connectivity index (χ3n) is 5.65. The lowest BCUT2D eigenvalue weighted by atomic mass is 10.0. The fourth-order valence-corrected chi connectivity index (χ4v) is 4.68. The number of sulfonamides is 1. The number of aromatic nitrogens is 1. The van der Waals surface area contributed by atoms with Crippen molar-refractivity contribution in [1.29, 1.82) is 0 Å². The van der Waals surface area contributed by atoms with Gasteiger partial charge in [-0.3, -0.25) is 0 Å². The summed E-state index contributed by atoms with van der Waals surface area (Å²) in [7, 11) is -3.14. The summed E-state index contributed by atoms with van der Waals surface area (Å²) in [6.45, 7) is 4.93. The van der Waals surface area contributed by atoms with Gasteiger partial charge in [0.25, 0.3) is 0 Å². The van der Waals surface area contributed by atoms with Crippen molar-refractivity contribution >= 4 is 15.8 Å². The average Bonchev–Trinajstić information content (AvgIpc) is 2.77. The number of fused-ring (bicyclic) bond motifs is 1. The number of pyridine rings is 1. The van der Waals surface area contributed by atoms with Crippen molar-refractivity contribution in [1.82, 2.24) is 9.29 Å². The maximum absolute atomic E-state index is 11.7. The van der Waals surface area contributed by atoms with E-state index in [1.54, 1.807) is 0 Å². The molecule has 0 bridgehead atoms. The zero-order chi connectivity index (χ0) is 21.0. The molecule has 30 heavy (non-hydrogen) atoms. The molecule has 2 aliphatic heterocycles. The van der Waals surface area contributed by atoms with Crippen LogP contribution in [0.5, 0.6) is 5.75 Å². The predicted octanol–water partition coefficient (Wildman–Crippen LogP) is 2.25. The molecule has 0 saturated carbocycles. The molecule has 1 saturated heterocycles. The minimum Gasteiger partial charge on any atom is -0.494 e. The fourth-order valence-electron chi connectivity index (χ4n) is 3.89. The van der Waals surface area contributed by atoms with E-state index in [9.17, 15) is 8.42 Å². The van der Waals surface area contributed by atoms with Crippen molar-refractivity contribution in [3.05, 3.63) is 53.2 Å². The molecule has 0 radical (unpaired) electrons. The highest BCUT2D eigenvalue weighted by Crippen LogP contribution is 2.25. The van der Waals surface area contributed by atoms with Crippen molar-refractivity contribution in [2.75, 3.05) is 50.6 Å². The van der Waals surface area contributed by atoms with Crippen LogP contribution in [0.2, 0.25) is 0 Å². The van der Waals surface area contributed by atoms with Crippen LogP contribution in [-0.4, -0.2) is 63.4 Å². The molecule has 0 aliphatic carbocycles. The maximum Gasteiger partial charge on any atom is 0.211 e. The molecule has 2 aromatic rings. The van der Waals surface area contributed by atoms with E-state index in [4.69, 9.17) is 9.47 Å². The second-order valence-corrected chi connectivity index (χ2v) is 9.84. The first-order valence-electron chi connectivity index (χ1n) is 10.5. The molecule has 0 amide bonds. The van der Waals surface area contributed by atoms with E-state index in [0.717, 1.165) is 62.7 Å². The van der Waals surface area contributed by atoms with Crippen molar-refractivity contribution in [3.63, 3.8) is 0 Å². The summed E-state index contributed by atoms with van der Waals surface area (Å²) in [6.07, 6.45) is 5.78. The smallest absolute Gasteiger partial charge is 0.211 e. The van der Waals surface area contributed by atoms with E-state index in [1.165, 1.54) is 21.7 Å². The van der Waals surface area contributed by atoms with E-state index in [-0.39, 0.29) is 0 Å². The number of benzene rings is 1. The van der Waals surface area contributed by atoms with Crippen LogP contribution in [0.25, 0.3) is 0 Å². The van der Waals surface area contributed by atoms with E-state index in [0.29, 0.717) is 19.7 Å². The number of nitrogens with zero attached hydrogens (tertiary/aromatic N) is 3. The average molecular weight is 432 g/mol. The van der Waals surface area contributed by atoms with Crippen LogP contribution in [0.1, 0.15) is 23.1 Å². The highest BCUT2D eigenvalue weighted by molar-refractivity contribution is 7.88. The summed E-state index contributed by atoms with van der Waals surface area (Å²) in [5, 5.41) is 0. The number of morpholine rings is 1. The zero-order valence-corrected chi connectivity index (χ0v) is 18.2. The Bertz CT molecular complexity index is 957. The van der Waals surface area contributed by atoms with Gasteiger partial charge in [0.1, 0.15) is 11.6 Å². The SMILES string of the molecule is CS(=O)(=O)N1CCc2cc(OCCCc3ccc(N4CCOCC4)nc3)ccc2C1. The number of rotatable bonds is 7. The van der Waals surface area contributed by atoms with E-state index < -0.39 is 10.0 Å². The minimum absolute atomic E-state index is 0.446. The van der Waals surface area contributed by atoms with Crippen LogP contribution < -0.4 is 9.64 Å². The summed E-state index contributed by atoms with van der Waals surface area (Å²) < 4.78 is 36.3. The van der Waals surface area contributed by atoms with Crippen molar-refractivity contribution in [3.8, 4) is 5.75 Å². The second kappa shape index (κ2) is 9.32. The molecule has 1 aromatic carbocycles. The number of hydrogen-bond acceptors (Lipinski definition) is 6. The Morgan fingerprint density at radius 1 is 1.10 bits per heavy atom. The molecule has 1 fully saturated rings. The lowest BCUT2D eigenvalue weighted by molar-refractivity contribution is 0.122. The molecule has 7 nitrogen and oxygen atoms in total. The first kappa shape index (κ1) is 21.1. The van der Waals surface area contributed by atoms with Gasteiger partial charge in [-0.15, -0.1) is 0 Å². The normalized spacial score (nSPS) is 17.6. The number of aryl methyl sites for hydroxylation is 1. The van der Waals surface area contributed by atoms with Gasteiger partial charge in [0.2, 0.25) is 10.0 Å². The molecule has 1 aromatic heterocycles. The van der Waals surface area contributed by atoms with Crippen molar-refractivity contribution in [2.24, 2.45) is 0 Å². The largest absolute Gasteiger partial charge is 0.494 e. The van der Waals surface area contributed by atoms with Crippen LogP contribution >= 0.6 is 0 Å². The van der Waals surface area contributed by atoms with Crippen LogP contribution in [0, 0.1) is 0 Å². The van der Waals surface area contributed by atoms with Gasteiger partial charge in [0, 0.05) is 32.4 Å². The Hall–Kier alpha value is -2.16. The Kier molecular flexibility index (Phi) is 6.55.